The first-order valence-electron chi connectivity index (χ1n) is 2.88. The molecule has 1 N–H and O–H groups in total. The third-order valence-corrected chi connectivity index (χ3v) is 0.750. The van der Waals surface area contributed by atoms with Crippen molar-refractivity contribution in [3.05, 3.63) is 0 Å². The molecule has 0 spiro atoms. The van der Waals surface area contributed by atoms with Crippen LogP contribution in [0, 0.1) is 5.41 Å². The van der Waals surface area contributed by atoms with Gasteiger partial charge < -0.3 is 14.9 Å². The predicted molar refractivity (Wildman–Crippen MR) is 36.1 cm³/mol. The highest BCUT2D eigenvalue weighted by Gasteiger charge is 1.87. The molecule has 0 saturated heterocycles. The SMILES string of the molecule is COCCOCC(C)=N. The summed E-state index contributed by atoms with van der Waals surface area (Å²) >= 11 is 0. The van der Waals surface area contributed by atoms with Gasteiger partial charge in [0.1, 0.15) is 0 Å². The van der Waals surface area contributed by atoms with Crippen LogP contribution in [0.2, 0.25) is 0 Å². The fraction of sp³-hybridized carbons (Fsp3) is 0.833. The van der Waals surface area contributed by atoms with E-state index in [9.17, 15) is 0 Å². The minimum Gasteiger partial charge on any atom is -0.382 e. The Kier molecular flexibility index (Phi) is 5.46. The van der Waals surface area contributed by atoms with Crippen LogP contribution in [0.25, 0.3) is 0 Å². The van der Waals surface area contributed by atoms with E-state index in [-0.39, 0.29) is 0 Å². The number of hydrogen-bond acceptors (Lipinski definition) is 3. The van der Waals surface area contributed by atoms with Gasteiger partial charge in [0.25, 0.3) is 0 Å². The Labute approximate surface area is 55.5 Å². The monoisotopic (exact) mass is 131 g/mol. The van der Waals surface area contributed by atoms with Gasteiger partial charge in [-0.15, -0.1) is 0 Å². The summed E-state index contributed by atoms with van der Waals surface area (Å²) in [5, 5.41) is 6.96. The zero-order valence-corrected chi connectivity index (χ0v) is 5.94. The molecule has 0 rings (SSSR count). The molecule has 3 nitrogen and oxygen atoms in total. The molecule has 0 unspecified atom stereocenters. The highest BCUT2D eigenvalue weighted by Crippen LogP contribution is 1.76. The largest absolute Gasteiger partial charge is 0.382 e. The number of hydrogen-bond donors (Lipinski definition) is 1. The highest BCUT2D eigenvalue weighted by molar-refractivity contribution is 5.79. The van der Waals surface area contributed by atoms with E-state index in [1.165, 1.54) is 0 Å². The van der Waals surface area contributed by atoms with Crippen molar-refractivity contribution in [3.8, 4) is 0 Å². The second-order valence-electron chi connectivity index (χ2n) is 1.83. The average Bonchev–Trinajstić information content (AvgIpc) is 1.80. The van der Waals surface area contributed by atoms with Gasteiger partial charge >= 0.3 is 0 Å². The average molecular weight is 131 g/mol. The lowest BCUT2D eigenvalue weighted by Gasteiger charge is -1.99. The zero-order valence-electron chi connectivity index (χ0n) is 5.94. The van der Waals surface area contributed by atoms with Crippen LogP contribution in [0.3, 0.4) is 0 Å². The summed E-state index contributed by atoms with van der Waals surface area (Å²) in [5.74, 6) is 0. The summed E-state index contributed by atoms with van der Waals surface area (Å²) in [4.78, 5) is 0. The van der Waals surface area contributed by atoms with Crippen LogP contribution in [0.1, 0.15) is 6.92 Å². The smallest absolute Gasteiger partial charge is 0.0839 e. The molecule has 0 aliphatic rings. The molecule has 54 valence electrons. The molecule has 0 amide bonds. The molecular weight excluding hydrogens is 118 g/mol. The number of nitrogens with one attached hydrogen (secondary N) is 1. The summed E-state index contributed by atoms with van der Waals surface area (Å²) in [7, 11) is 1.63. The summed E-state index contributed by atoms with van der Waals surface area (Å²) in [6.07, 6.45) is 0. The Bertz CT molecular complexity index is 83.1. The van der Waals surface area contributed by atoms with E-state index in [0.29, 0.717) is 25.5 Å². The van der Waals surface area contributed by atoms with Crippen molar-refractivity contribution in [1.82, 2.24) is 0 Å². The second kappa shape index (κ2) is 5.72. The van der Waals surface area contributed by atoms with E-state index in [0.717, 1.165) is 0 Å². The predicted octanol–water partition coefficient (Wildman–Crippen LogP) is 0.689. The lowest BCUT2D eigenvalue weighted by Crippen LogP contribution is -2.07. The molecular formula is C6H13NO2. The Morgan fingerprint density at radius 2 is 2.11 bits per heavy atom. The van der Waals surface area contributed by atoms with Gasteiger partial charge in [0.05, 0.1) is 19.8 Å². The van der Waals surface area contributed by atoms with Gasteiger partial charge in [-0.3, -0.25) is 0 Å². The molecule has 0 aromatic heterocycles. The van der Waals surface area contributed by atoms with Crippen molar-refractivity contribution in [2.45, 2.75) is 6.92 Å². The Hall–Kier alpha value is -0.410. The molecule has 0 aliphatic carbocycles. The van der Waals surface area contributed by atoms with Crippen LogP contribution in [-0.2, 0) is 9.47 Å². The summed E-state index contributed by atoms with van der Waals surface area (Å²) in [6, 6.07) is 0. The molecule has 0 bridgehead atoms. The topological polar surface area (TPSA) is 42.3 Å². The van der Waals surface area contributed by atoms with Gasteiger partial charge in [-0.25, -0.2) is 0 Å². The van der Waals surface area contributed by atoms with E-state index in [4.69, 9.17) is 14.9 Å². The lowest BCUT2D eigenvalue weighted by atomic mass is 10.5. The Balaban J connectivity index is 2.83. The van der Waals surface area contributed by atoms with Gasteiger partial charge in [0.15, 0.2) is 0 Å². The molecule has 0 heterocycles. The second-order valence-corrected chi connectivity index (χ2v) is 1.83. The molecule has 0 aliphatic heterocycles. The third kappa shape index (κ3) is 7.59. The highest BCUT2D eigenvalue weighted by atomic mass is 16.5. The Morgan fingerprint density at radius 3 is 2.56 bits per heavy atom. The van der Waals surface area contributed by atoms with Crippen molar-refractivity contribution in [3.63, 3.8) is 0 Å². The van der Waals surface area contributed by atoms with Crippen molar-refractivity contribution >= 4 is 5.71 Å². The van der Waals surface area contributed by atoms with Crippen LogP contribution in [-0.4, -0.2) is 32.6 Å². The first-order valence-corrected chi connectivity index (χ1v) is 2.88. The standard InChI is InChI=1S/C6H13NO2/c1-6(7)5-9-4-3-8-2/h7H,3-5H2,1-2H3. The molecule has 0 aromatic rings. The molecule has 9 heavy (non-hydrogen) atoms. The van der Waals surface area contributed by atoms with Gasteiger partial charge in [-0.1, -0.05) is 0 Å². The normalized spacial score (nSPS) is 9.56. The van der Waals surface area contributed by atoms with Gasteiger partial charge in [-0.2, -0.15) is 0 Å². The summed E-state index contributed by atoms with van der Waals surface area (Å²) in [5.41, 5.74) is 0.547. The maximum absolute atomic E-state index is 6.96. The van der Waals surface area contributed by atoms with E-state index < -0.39 is 0 Å². The molecule has 0 fully saturated rings. The summed E-state index contributed by atoms with van der Waals surface area (Å²) in [6.45, 7) is 3.32. The number of ether oxygens (including phenoxy) is 2. The van der Waals surface area contributed by atoms with Crippen LogP contribution in [0.5, 0.6) is 0 Å². The maximum Gasteiger partial charge on any atom is 0.0839 e. The Morgan fingerprint density at radius 1 is 1.44 bits per heavy atom. The first kappa shape index (κ1) is 8.59. The summed E-state index contributed by atoms with van der Waals surface area (Å²) < 4.78 is 9.71. The van der Waals surface area contributed by atoms with Crippen molar-refractivity contribution in [1.29, 1.82) is 5.41 Å². The minimum atomic E-state index is 0.420. The lowest BCUT2D eigenvalue weighted by molar-refractivity contribution is 0.0897. The van der Waals surface area contributed by atoms with Gasteiger partial charge in [0.2, 0.25) is 0 Å². The van der Waals surface area contributed by atoms with Crippen molar-refractivity contribution in [2.75, 3.05) is 26.9 Å². The van der Waals surface area contributed by atoms with Gasteiger partial charge in [0, 0.05) is 12.8 Å². The van der Waals surface area contributed by atoms with Crippen molar-refractivity contribution in [2.24, 2.45) is 0 Å². The van der Waals surface area contributed by atoms with Crippen LogP contribution in [0.15, 0.2) is 0 Å². The first-order chi connectivity index (χ1) is 4.27. The van der Waals surface area contributed by atoms with Crippen LogP contribution < -0.4 is 0 Å². The molecule has 0 saturated carbocycles. The quantitative estimate of drug-likeness (QED) is 0.440. The number of methoxy groups -OCH3 is 1. The number of rotatable bonds is 5. The maximum atomic E-state index is 6.96. The van der Waals surface area contributed by atoms with Crippen LogP contribution >= 0.6 is 0 Å². The molecule has 3 heteroatoms. The fourth-order valence-electron chi connectivity index (χ4n) is 0.368. The fourth-order valence-corrected chi connectivity index (χ4v) is 0.368. The van der Waals surface area contributed by atoms with E-state index in [1.807, 2.05) is 0 Å². The van der Waals surface area contributed by atoms with E-state index in [1.54, 1.807) is 14.0 Å². The van der Waals surface area contributed by atoms with E-state index >= 15 is 0 Å². The molecule has 0 radical (unpaired) electrons. The van der Waals surface area contributed by atoms with E-state index in [2.05, 4.69) is 0 Å². The van der Waals surface area contributed by atoms with Crippen LogP contribution in [0.4, 0.5) is 0 Å². The minimum absolute atomic E-state index is 0.420. The third-order valence-electron chi connectivity index (χ3n) is 0.750. The zero-order chi connectivity index (χ0) is 7.11. The molecule has 0 aromatic carbocycles. The molecule has 0 atom stereocenters. The van der Waals surface area contributed by atoms with Crippen molar-refractivity contribution < 1.29 is 9.47 Å². The van der Waals surface area contributed by atoms with Gasteiger partial charge in [-0.05, 0) is 6.92 Å².